The molecule has 8 N–H and O–H groups in total. The monoisotopic (exact) mass is 789 g/mol. The second-order valence-electron chi connectivity index (χ2n) is 11.2. The number of carbonyl (C=O) groups is 3. The highest BCUT2D eigenvalue weighted by Crippen LogP contribution is 2.61. The average molecular weight is 790 g/mol. The number of nitrogens with two attached hydrogens (primary N) is 1. The van der Waals surface area contributed by atoms with E-state index in [0.29, 0.717) is 12.2 Å². The number of nitrogen functional groups attached to an aromatic ring is 1. The smallest absolute Gasteiger partial charge is 0.386 e. The molecule has 2 amide bonds. The third-order valence-electron chi connectivity index (χ3n) is 6.96. The summed E-state index contributed by atoms with van der Waals surface area (Å²) < 4.78 is 62.2. The van der Waals surface area contributed by atoms with E-state index < -0.39 is 85.4 Å². The summed E-state index contributed by atoms with van der Waals surface area (Å²) in [6.45, 7) is 2.64. The largest absolute Gasteiger partial charge is 0.481 e. The number of aliphatic hydroxyl groups excluding tert-OH is 2. The molecule has 280 valence electrons. The number of phosphoric ester groups is 2. The second kappa shape index (κ2) is 18.3. The van der Waals surface area contributed by atoms with Crippen LogP contribution >= 0.6 is 36.1 Å². The van der Waals surface area contributed by atoms with E-state index in [9.17, 15) is 48.1 Å². The van der Waals surface area contributed by atoms with Crippen molar-refractivity contribution in [1.29, 1.82) is 0 Å². The molecule has 50 heavy (non-hydrogen) atoms. The molecule has 0 aliphatic carbocycles. The van der Waals surface area contributed by atoms with Gasteiger partial charge in [0.15, 0.2) is 22.8 Å². The Bertz CT molecular complexity index is 1620. The minimum absolute atomic E-state index is 0.00853. The Kier molecular flexibility index (Phi) is 15.4. The van der Waals surface area contributed by atoms with Crippen molar-refractivity contribution in [3.05, 3.63) is 12.7 Å². The summed E-state index contributed by atoms with van der Waals surface area (Å²) in [4.78, 5) is 67.8. The maximum Gasteiger partial charge on any atom is 0.481 e. The lowest BCUT2D eigenvalue weighted by Gasteiger charge is -2.30. The molecule has 2 aromatic heterocycles. The summed E-state index contributed by atoms with van der Waals surface area (Å²) in [5, 5.41) is 26.2. The molecule has 1 fully saturated rings. The first-order chi connectivity index (χ1) is 23.4. The molecular formula is C24H38N7O15P3S. The number of thioether (sulfide) groups is 1. The van der Waals surface area contributed by atoms with Crippen LogP contribution in [0.5, 0.6) is 0 Å². The highest BCUT2D eigenvalue weighted by Gasteiger charge is 2.48. The number of hydrogen-bond acceptors (Lipinski definition) is 18. The Morgan fingerprint density at radius 3 is 2.54 bits per heavy atom. The number of carbonyl (C=O) groups excluding carboxylic acids is 3. The van der Waals surface area contributed by atoms with Crippen molar-refractivity contribution >= 4 is 70.0 Å². The zero-order valence-electron chi connectivity index (χ0n) is 26.9. The van der Waals surface area contributed by atoms with Crippen molar-refractivity contribution in [1.82, 2.24) is 30.2 Å². The Morgan fingerprint density at radius 1 is 1.16 bits per heavy atom. The normalized spacial score (nSPS) is 22.5. The van der Waals surface area contributed by atoms with Crippen LogP contribution in [0.3, 0.4) is 0 Å². The molecule has 1 saturated heterocycles. The minimum atomic E-state index is -5.41. The first-order valence-corrected chi connectivity index (χ1v) is 19.4. The molecule has 0 radical (unpaired) electrons. The van der Waals surface area contributed by atoms with Crippen LogP contribution in [-0.2, 0) is 50.7 Å². The fourth-order valence-electron chi connectivity index (χ4n) is 4.29. The van der Waals surface area contributed by atoms with E-state index in [0.717, 1.165) is 18.1 Å². The number of aromatic nitrogens is 4. The summed E-state index contributed by atoms with van der Waals surface area (Å²) in [6, 6.07) is 0. The van der Waals surface area contributed by atoms with Crippen LogP contribution in [0.25, 0.3) is 11.2 Å². The van der Waals surface area contributed by atoms with Crippen LogP contribution < -0.4 is 16.4 Å². The molecule has 0 saturated carbocycles. The minimum Gasteiger partial charge on any atom is -0.386 e. The topological polar surface area (TPSA) is 323 Å². The zero-order valence-corrected chi connectivity index (χ0v) is 30.4. The lowest BCUT2D eigenvalue weighted by Crippen LogP contribution is -2.46. The van der Waals surface area contributed by atoms with Gasteiger partial charge in [-0.25, -0.2) is 28.6 Å². The maximum absolute atomic E-state index is 12.6. The molecule has 3 heterocycles. The molecule has 0 bridgehead atoms. The third-order valence-corrected chi connectivity index (χ3v) is 10.9. The van der Waals surface area contributed by atoms with Gasteiger partial charge in [0.25, 0.3) is 0 Å². The summed E-state index contributed by atoms with van der Waals surface area (Å²) in [5.41, 5.74) is 4.55. The Balaban J connectivity index is 1.49. The van der Waals surface area contributed by atoms with Crippen LogP contribution in [-0.4, -0.2) is 113 Å². The first-order valence-electron chi connectivity index (χ1n) is 14.7. The van der Waals surface area contributed by atoms with Crippen molar-refractivity contribution in [2.24, 2.45) is 5.41 Å². The third kappa shape index (κ3) is 11.8. The standard InChI is InChI=1S/C24H38N7O15P3S/c1-4-15(33)50-8-7-26-14(32)5-6-27-22(36)19(35)24(2,3)10-43-49(40,41)46-48(38,39)42-9-13-18(45-47-37)17(34)23(44-13)31-12-30-16-20(25)28-11-29-21(16)31/h11-13,17-19,23,34-35H,4-10H2,1-3H3,(H,26,32)(H,27,36)(H,38,39)(H,40,41)(H2,25,28,29)/t13-,17-,18-,19?,23-/m1/s1. The molecule has 0 spiro atoms. The molecule has 7 atom stereocenters. The second-order valence-corrected chi connectivity index (χ2v) is 15.8. The van der Waals surface area contributed by atoms with Gasteiger partial charge in [-0.1, -0.05) is 32.5 Å². The molecule has 0 aromatic carbocycles. The van der Waals surface area contributed by atoms with E-state index in [-0.39, 0.29) is 41.6 Å². The van der Waals surface area contributed by atoms with Crippen molar-refractivity contribution < 1.29 is 70.7 Å². The molecule has 1 aliphatic heterocycles. The summed E-state index contributed by atoms with van der Waals surface area (Å²) in [7, 11) is -11.7. The van der Waals surface area contributed by atoms with Gasteiger partial charge in [0, 0.05) is 37.1 Å². The number of phosphoric acid groups is 2. The number of nitrogens with one attached hydrogen (secondary N) is 2. The lowest BCUT2D eigenvalue weighted by atomic mass is 9.87. The first kappa shape index (κ1) is 41.9. The van der Waals surface area contributed by atoms with Gasteiger partial charge in [0.05, 0.1) is 19.5 Å². The van der Waals surface area contributed by atoms with Gasteiger partial charge in [-0.2, -0.15) is 4.31 Å². The number of anilines is 1. The number of ether oxygens (including phenoxy) is 1. The number of hydrogen-bond donors (Lipinski definition) is 7. The van der Waals surface area contributed by atoms with Crippen LogP contribution in [0.2, 0.25) is 0 Å². The molecule has 1 aliphatic rings. The van der Waals surface area contributed by atoms with Crippen molar-refractivity contribution in [3.8, 4) is 0 Å². The fraction of sp³-hybridized carbons (Fsp3) is 0.667. The van der Waals surface area contributed by atoms with E-state index in [4.69, 9.17) is 24.0 Å². The van der Waals surface area contributed by atoms with E-state index in [1.165, 1.54) is 24.7 Å². The fourth-order valence-corrected chi connectivity index (χ4v) is 7.54. The average Bonchev–Trinajstić information content (AvgIpc) is 3.61. The molecule has 3 unspecified atom stereocenters. The quantitative estimate of drug-likeness (QED) is 0.0695. The van der Waals surface area contributed by atoms with E-state index in [1.807, 2.05) is 0 Å². The van der Waals surface area contributed by atoms with E-state index in [2.05, 4.69) is 29.9 Å². The Labute approximate surface area is 290 Å². The van der Waals surface area contributed by atoms with Gasteiger partial charge < -0.3 is 41.1 Å². The van der Waals surface area contributed by atoms with Gasteiger partial charge in [0.2, 0.25) is 11.8 Å². The van der Waals surface area contributed by atoms with Crippen LogP contribution in [0.15, 0.2) is 12.7 Å². The predicted molar refractivity (Wildman–Crippen MR) is 173 cm³/mol. The molecule has 3 rings (SSSR count). The number of rotatable bonds is 20. The number of amides is 2. The SMILES string of the molecule is CCC(=O)SCCNC(=O)CCNC(=O)C(O)C(C)(C)COP(=O)(O)OP(=O)(O)OC[C@H]1O[C@@H](n2cnc3c(N)ncnc32)[C@H](O)[C@@H]1OP=O. The highest BCUT2D eigenvalue weighted by atomic mass is 32.2. The van der Waals surface area contributed by atoms with Crippen molar-refractivity contribution in [3.63, 3.8) is 0 Å². The number of aliphatic hydroxyl groups is 2. The van der Waals surface area contributed by atoms with Gasteiger partial charge in [0.1, 0.15) is 36.3 Å². The van der Waals surface area contributed by atoms with Crippen LogP contribution in [0.1, 0.15) is 39.8 Å². The van der Waals surface area contributed by atoms with Gasteiger partial charge in [-0.3, -0.25) is 32.5 Å². The maximum atomic E-state index is 12.6. The summed E-state index contributed by atoms with van der Waals surface area (Å²) in [6.07, 6.45) is -4.89. The Hall–Kier alpha value is -2.49. The summed E-state index contributed by atoms with van der Waals surface area (Å²) in [5.74, 6) is -0.917. The lowest BCUT2D eigenvalue weighted by molar-refractivity contribution is -0.137. The molecule has 22 nitrogen and oxygen atoms in total. The molecule has 26 heteroatoms. The highest BCUT2D eigenvalue weighted by molar-refractivity contribution is 8.13. The molecular weight excluding hydrogens is 751 g/mol. The predicted octanol–water partition coefficient (Wildman–Crippen LogP) is 0.189. The number of fused-ring (bicyclic) bond motifs is 1. The van der Waals surface area contributed by atoms with Crippen molar-refractivity contribution in [2.75, 3.05) is 37.8 Å². The van der Waals surface area contributed by atoms with Gasteiger partial charge in [-0.05, 0) is 0 Å². The number of imidazole rings is 1. The number of nitrogens with zero attached hydrogens (tertiary/aromatic N) is 4. The summed E-state index contributed by atoms with van der Waals surface area (Å²) >= 11 is 1.08. The Morgan fingerprint density at radius 2 is 1.86 bits per heavy atom. The van der Waals surface area contributed by atoms with Crippen LogP contribution in [0.4, 0.5) is 5.82 Å². The van der Waals surface area contributed by atoms with Gasteiger partial charge in [-0.15, -0.1) is 0 Å². The van der Waals surface area contributed by atoms with Gasteiger partial charge >= 0.3 is 24.3 Å². The zero-order chi connectivity index (χ0) is 37.3. The van der Waals surface area contributed by atoms with E-state index in [1.54, 1.807) is 6.92 Å². The van der Waals surface area contributed by atoms with E-state index >= 15 is 0 Å². The van der Waals surface area contributed by atoms with Crippen LogP contribution in [0, 0.1) is 5.41 Å². The van der Waals surface area contributed by atoms with Crippen molar-refractivity contribution in [2.45, 2.75) is 64.3 Å². The molecule has 2 aromatic rings.